The predicted molar refractivity (Wildman–Crippen MR) is 104 cm³/mol. The fraction of sp³-hybridized carbons (Fsp3) is 0.550. The molecule has 0 aromatic heterocycles. The van der Waals surface area contributed by atoms with Crippen molar-refractivity contribution in [2.45, 2.75) is 57.0 Å². The number of hydrogen-bond donors (Lipinski definition) is 2. The van der Waals surface area contributed by atoms with Gasteiger partial charge in [-0.3, -0.25) is 19.3 Å². The number of nitrogens with zero attached hydrogens (tertiary/aromatic N) is 1. The number of nitrogens with one attached hydrogen (secondary N) is 2. The van der Waals surface area contributed by atoms with Gasteiger partial charge in [0.05, 0.1) is 11.1 Å². The largest absolute Gasteiger partial charge is 0.348 e. The number of carbonyl (C=O) groups excluding carboxylic acids is 3. The number of imide groups is 1. The zero-order valence-electron chi connectivity index (χ0n) is 15.3. The van der Waals surface area contributed by atoms with Crippen LogP contribution >= 0.6 is 12.4 Å². The number of fused-ring (bicyclic) bond motifs is 1. The second kappa shape index (κ2) is 8.40. The highest BCUT2D eigenvalue weighted by Crippen LogP contribution is 2.31. The molecule has 7 heteroatoms. The van der Waals surface area contributed by atoms with Gasteiger partial charge in [-0.1, -0.05) is 19.3 Å². The van der Waals surface area contributed by atoms with Crippen LogP contribution < -0.4 is 10.6 Å². The van der Waals surface area contributed by atoms with Crippen LogP contribution in [0.15, 0.2) is 18.2 Å². The molecule has 1 saturated carbocycles. The molecule has 27 heavy (non-hydrogen) atoms. The average molecular weight is 392 g/mol. The lowest BCUT2D eigenvalue weighted by Gasteiger charge is -2.29. The summed E-state index contributed by atoms with van der Waals surface area (Å²) in [4.78, 5) is 39.5. The zero-order valence-corrected chi connectivity index (χ0v) is 16.1. The molecule has 2 aliphatic heterocycles. The van der Waals surface area contributed by atoms with Crippen LogP contribution in [0.1, 0.15) is 76.0 Å². The maximum absolute atomic E-state index is 12.8. The lowest BCUT2D eigenvalue weighted by Crippen LogP contribution is -2.45. The van der Waals surface area contributed by atoms with Gasteiger partial charge in [0, 0.05) is 24.2 Å². The van der Waals surface area contributed by atoms with Crippen molar-refractivity contribution < 1.29 is 14.4 Å². The van der Waals surface area contributed by atoms with Crippen LogP contribution in [0.5, 0.6) is 0 Å². The molecule has 6 nitrogen and oxygen atoms in total. The Morgan fingerprint density at radius 2 is 1.74 bits per heavy atom. The van der Waals surface area contributed by atoms with Gasteiger partial charge in [-0.05, 0) is 50.4 Å². The van der Waals surface area contributed by atoms with Crippen molar-refractivity contribution in [2.24, 2.45) is 0 Å². The summed E-state index contributed by atoms with van der Waals surface area (Å²) in [7, 11) is 0. The van der Waals surface area contributed by atoms with E-state index in [2.05, 4.69) is 10.6 Å². The Kier molecular flexibility index (Phi) is 6.17. The molecular formula is C20H26ClN3O3. The fourth-order valence-corrected chi connectivity index (χ4v) is 4.32. The Hall–Kier alpha value is -1.92. The van der Waals surface area contributed by atoms with Gasteiger partial charge in [0.15, 0.2) is 0 Å². The Bertz CT molecular complexity index is 740. The van der Waals surface area contributed by atoms with E-state index in [-0.39, 0.29) is 42.2 Å². The monoisotopic (exact) mass is 391 g/mol. The van der Waals surface area contributed by atoms with Crippen LogP contribution in [0.2, 0.25) is 0 Å². The van der Waals surface area contributed by atoms with Crippen molar-refractivity contribution in [3.8, 4) is 0 Å². The van der Waals surface area contributed by atoms with Gasteiger partial charge >= 0.3 is 0 Å². The summed E-state index contributed by atoms with van der Waals surface area (Å²) in [6.07, 6.45) is 7.04. The van der Waals surface area contributed by atoms with Crippen molar-refractivity contribution in [1.82, 2.24) is 15.5 Å². The lowest BCUT2D eigenvalue weighted by atomic mass is 9.94. The molecule has 4 rings (SSSR count). The van der Waals surface area contributed by atoms with Crippen molar-refractivity contribution >= 4 is 30.1 Å². The van der Waals surface area contributed by atoms with Crippen LogP contribution in [0.3, 0.4) is 0 Å². The summed E-state index contributed by atoms with van der Waals surface area (Å²) in [6, 6.07) is 4.98. The van der Waals surface area contributed by atoms with Crippen LogP contribution in [0.4, 0.5) is 0 Å². The highest BCUT2D eigenvalue weighted by Gasteiger charge is 2.40. The van der Waals surface area contributed by atoms with E-state index < -0.39 is 0 Å². The molecule has 1 atom stereocenters. The number of hydrogen-bond acceptors (Lipinski definition) is 4. The average Bonchev–Trinajstić information content (AvgIpc) is 2.93. The Labute approximate surface area is 165 Å². The van der Waals surface area contributed by atoms with Crippen LogP contribution in [0, 0.1) is 0 Å². The molecule has 2 fully saturated rings. The molecule has 1 aliphatic carbocycles. The van der Waals surface area contributed by atoms with E-state index in [1.807, 2.05) is 0 Å². The molecule has 0 unspecified atom stereocenters. The number of halogens is 1. The third-order valence-electron chi connectivity index (χ3n) is 5.75. The van der Waals surface area contributed by atoms with Crippen LogP contribution in [-0.4, -0.2) is 47.8 Å². The summed E-state index contributed by atoms with van der Waals surface area (Å²) in [5.41, 5.74) is 1.24. The van der Waals surface area contributed by atoms with E-state index in [0.717, 1.165) is 51.6 Å². The van der Waals surface area contributed by atoms with Gasteiger partial charge in [-0.2, -0.15) is 0 Å². The van der Waals surface area contributed by atoms with E-state index in [4.69, 9.17) is 0 Å². The Morgan fingerprint density at radius 1 is 1.00 bits per heavy atom. The molecule has 1 aromatic rings. The SMILES string of the molecule is Cl.O=C(N[C@H]1CCCNC1)c1ccc2c(c1)C(=O)N(C1CCCCC1)C2=O. The first-order chi connectivity index (χ1) is 12.6. The highest BCUT2D eigenvalue weighted by molar-refractivity contribution is 6.22. The van der Waals surface area contributed by atoms with E-state index >= 15 is 0 Å². The number of carbonyl (C=O) groups is 3. The number of amides is 3. The smallest absolute Gasteiger partial charge is 0.261 e. The molecule has 0 bridgehead atoms. The normalized spacial score (nSPS) is 23.0. The Balaban J connectivity index is 0.00000210. The number of benzene rings is 1. The molecular weight excluding hydrogens is 366 g/mol. The van der Waals surface area contributed by atoms with Gasteiger partial charge in [-0.25, -0.2) is 0 Å². The van der Waals surface area contributed by atoms with Crippen LogP contribution in [0.25, 0.3) is 0 Å². The Morgan fingerprint density at radius 3 is 2.44 bits per heavy atom. The minimum Gasteiger partial charge on any atom is -0.348 e. The zero-order chi connectivity index (χ0) is 18.1. The highest BCUT2D eigenvalue weighted by atomic mass is 35.5. The summed E-state index contributed by atoms with van der Waals surface area (Å²) >= 11 is 0. The first-order valence-corrected chi connectivity index (χ1v) is 9.68. The second-order valence-corrected chi connectivity index (χ2v) is 7.55. The van der Waals surface area contributed by atoms with E-state index in [9.17, 15) is 14.4 Å². The van der Waals surface area contributed by atoms with E-state index in [0.29, 0.717) is 16.7 Å². The van der Waals surface area contributed by atoms with E-state index in [1.165, 1.54) is 11.3 Å². The minimum absolute atomic E-state index is 0. The molecule has 2 N–H and O–H groups in total. The predicted octanol–water partition coefficient (Wildman–Crippen LogP) is 2.52. The summed E-state index contributed by atoms with van der Waals surface area (Å²) in [5.74, 6) is -0.635. The topological polar surface area (TPSA) is 78.5 Å². The van der Waals surface area contributed by atoms with Crippen LogP contribution in [-0.2, 0) is 0 Å². The van der Waals surface area contributed by atoms with Crippen molar-refractivity contribution in [1.29, 1.82) is 0 Å². The number of rotatable bonds is 3. The first-order valence-electron chi connectivity index (χ1n) is 9.68. The molecule has 146 valence electrons. The molecule has 0 radical (unpaired) electrons. The molecule has 3 aliphatic rings. The maximum Gasteiger partial charge on any atom is 0.261 e. The minimum atomic E-state index is -0.245. The quantitative estimate of drug-likeness (QED) is 0.776. The van der Waals surface area contributed by atoms with Gasteiger partial charge < -0.3 is 10.6 Å². The summed E-state index contributed by atoms with van der Waals surface area (Å²) < 4.78 is 0. The molecule has 1 saturated heterocycles. The standard InChI is InChI=1S/C20H25N3O3.ClH/c24-18(22-14-5-4-10-21-12-14)13-8-9-16-17(11-13)20(26)23(19(16)25)15-6-2-1-3-7-15;/h8-9,11,14-15,21H,1-7,10,12H2,(H,22,24);1H/t14-;/m0./s1. The van der Waals surface area contributed by atoms with Gasteiger partial charge in [0.1, 0.15) is 0 Å². The summed E-state index contributed by atoms with van der Waals surface area (Å²) in [6.45, 7) is 1.75. The third kappa shape index (κ3) is 3.87. The molecule has 1 aromatic carbocycles. The molecule has 2 heterocycles. The lowest BCUT2D eigenvalue weighted by molar-refractivity contribution is 0.0548. The third-order valence-corrected chi connectivity index (χ3v) is 5.75. The van der Waals surface area contributed by atoms with Crippen molar-refractivity contribution in [3.05, 3.63) is 34.9 Å². The maximum atomic E-state index is 12.8. The second-order valence-electron chi connectivity index (χ2n) is 7.55. The van der Waals surface area contributed by atoms with E-state index in [1.54, 1.807) is 18.2 Å². The van der Waals surface area contributed by atoms with Gasteiger partial charge in [0.25, 0.3) is 17.7 Å². The summed E-state index contributed by atoms with van der Waals surface area (Å²) in [5, 5.41) is 6.28. The fourth-order valence-electron chi connectivity index (χ4n) is 4.32. The first kappa shape index (κ1) is 19.8. The van der Waals surface area contributed by atoms with Crippen molar-refractivity contribution in [3.63, 3.8) is 0 Å². The van der Waals surface area contributed by atoms with Crippen molar-refractivity contribution in [2.75, 3.05) is 13.1 Å². The number of piperidine rings is 1. The van der Waals surface area contributed by atoms with Gasteiger partial charge in [0.2, 0.25) is 0 Å². The molecule has 0 spiro atoms. The molecule has 3 amide bonds. The van der Waals surface area contributed by atoms with Gasteiger partial charge in [-0.15, -0.1) is 12.4 Å².